The zero-order chi connectivity index (χ0) is 17.4. The Morgan fingerprint density at radius 1 is 1.39 bits per heavy atom. The minimum absolute atomic E-state index is 0.0732. The summed E-state index contributed by atoms with van der Waals surface area (Å²) in [5.41, 5.74) is 2.90. The van der Waals surface area contributed by atoms with Crippen molar-refractivity contribution in [3.05, 3.63) is 34.4 Å². The van der Waals surface area contributed by atoms with Crippen LogP contribution in [0, 0.1) is 18.3 Å². The molecule has 0 radical (unpaired) electrons. The number of hydrogen-bond donors (Lipinski definition) is 1. The predicted molar refractivity (Wildman–Crippen MR) is 90.3 cm³/mol. The number of hydrogen-bond acceptors (Lipinski definition) is 4. The van der Waals surface area contributed by atoms with Gasteiger partial charge in [-0.25, -0.2) is 0 Å². The summed E-state index contributed by atoms with van der Waals surface area (Å²) in [7, 11) is 3.20. The number of carbonyl (C=O) groups is 1. The van der Waals surface area contributed by atoms with E-state index in [-0.39, 0.29) is 11.5 Å². The van der Waals surface area contributed by atoms with Gasteiger partial charge in [-0.05, 0) is 47.7 Å². The molecular weight excluding hydrogens is 292 g/mol. The second-order valence-electron chi connectivity index (χ2n) is 5.52. The first kappa shape index (κ1) is 18.7. The highest BCUT2D eigenvalue weighted by molar-refractivity contribution is 6.01. The Balaban J connectivity index is 3.15. The van der Waals surface area contributed by atoms with E-state index in [9.17, 15) is 10.1 Å². The molecule has 0 fully saturated rings. The number of rotatable bonds is 7. The lowest BCUT2D eigenvalue weighted by Gasteiger charge is -2.15. The lowest BCUT2D eigenvalue weighted by molar-refractivity contribution is -0.117. The zero-order valence-electron chi connectivity index (χ0n) is 14.4. The molecule has 0 bridgehead atoms. The lowest BCUT2D eigenvalue weighted by Crippen LogP contribution is -2.27. The van der Waals surface area contributed by atoms with E-state index in [1.807, 2.05) is 25.1 Å². The van der Waals surface area contributed by atoms with Crippen molar-refractivity contribution in [3.63, 3.8) is 0 Å². The van der Waals surface area contributed by atoms with Gasteiger partial charge in [0.05, 0.1) is 13.7 Å². The van der Waals surface area contributed by atoms with Crippen LogP contribution in [-0.4, -0.2) is 33.3 Å². The van der Waals surface area contributed by atoms with Gasteiger partial charge in [0, 0.05) is 13.7 Å². The van der Waals surface area contributed by atoms with Crippen LogP contribution in [0.5, 0.6) is 5.75 Å². The van der Waals surface area contributed by atoms with Gasteiger partial charge in [-0.15, -0.1) is 0 Å². The molecule has 0 aliphatic heterocycles. The summed E-state index contributed by atoms with van der Waals surface area (Å²) < 4.78 is 10.3. The van der Waals surface area contributed by atoms with Crippen molar-refractivity contribution in [1.29, 1.82) is 5.26 Å². The van der Waals surface area contributed by atoms with E-state index in [1.54, 1.807) is 20.3 Å². The summed E-state index contributed by atoms with van der Waals surface area (Å²) in [5, 5.41) is 11.9. The maximum Gasteiger partial charge on any atom is 0.262 e. The third-order valence-corrected chi connectivity index (χ3v) is 3.50. The molecule has 0 spiro atoms. The molecule has 5 nitrogen and oxygen atoms in total. The molecule has 0 atom stereocenters. The minimum atomic E-state index is -0.397. The SMILES string of the molecule is COCCNC(=O)/C(C#N)=C/c1cc(C(C)C)c(OC)cc1C. The zero-order valence-corrected chi connectivity index (χ0v) is 14.4. The molecule has 0 heterocycles. The Hall–Kier alpha value is -2.32. The molecule has 0 saturated carbocycles. The number of aryl methyl sites for hydroxylation is 1. The monoisotopic (exact) mass is 316 g/mol. The average molecular weight is 316 g/mol. The fraction of sp³-hybridized carbons (Fsp3) is 0.444. The second kappa shape index (κ2) is 8.96. The van der Waals surface area contributed by atoms with Crippen LogP contribution in [0.4, 0.5) is 0 Å². The number of nitrogens with zero attached hydrogens (tertiary/aromatic N) is 1. The Morgan fingerprint density at radius 3 is 2.61 bits per heavy atom. The first-order valence-electron chi connectivity index (χ1n) is 7.52. The predicted octanol–water partition coefficient (Wildman–Crippen LogP) is 2.80. The summed E-state index contributed by atoms with van der Waals surface area (Å²) in [6.45, 7) is 6.85. The minimum Gasteiger partial charge on any atom is -0.496 e. The number of carbonyl (C=O) groups excluding carboxylic acids is 1. The van der Waals surface area contributed by atoms with Crippen LogP contribution in [-0.2, 0) is 9.53 Å². The van der Waals surface area contributed by atoms with Crippen molar-refractivity contribution >= 4 is 12.0 Å². The van der Waals surface area contributed by atoms with E-state index in [0.29, 0.717) is 13.2 Å². The molecule has 1 N–H and O–H groups in total. The van der Waals surface area contributed by atoms with Crippen molar-refractivity contribution in [3.8, 4) is 11.8 Å². The van der Waals surface area contributed by atoms with Crippen LogP contribution < -0.4 is 10.1 Å². The Bertz CT molecular complexity index is 628. The highest BCUT2D eigenvalue weighted by Crippen LogP contribution is 2.30. The number of amides is 1. The van der Waals surface area contributed by atoms with Gasteiger partial charge in [0.1, 0.15) is 17.4 Å². The average Bonchev–Trinajstić information content (AvgIpc) is 2.53. The van der Waals surface area contributed by atoms with E-state index in [2.05, 4.69) is 19.2 Å². The van der Waals surface area contributed by atoms with Gasteiger partial charge >= 0.3 is 0 Å². The van der Waals surface area contributed by atoms with E-state index < -0.39 is 5.91 Å². The highest BCUT2D eigenvalue weighted by Gasteiger charge is 2.13. The van der Waals surface area contributed by atoms with Crippen LogP contribution in [0.15, 0.2) is 17.7 Å². The maximum atomic E-state index is 12.0. The standard InChI is InChI=1S/C18H24N2O3/c1-12(2)16-10-14(13(3)8-17(16)23-5)9-15(11-19)18(21)20-6-7-22-4/h8-10,12H,6-7H2,1-5H3,(H,20,21)/b15-9+. The molecular formula is C18H24N2O3. The molecule has 0 saturated heterocycles. The first-order valence-corrected chi connectivity index (χ1v) is 7.52. The molecule has 23 heavy (non-hydrogen) atoms. The molecule has 1 rings (SSSR count). The van der Waals surface area contributed by atoms with Crippen LogP contribution in [0.1, 0.15) is 36.5 Å². The van der Waals surface area contributed by atoms with Crippen molar-refractivity contribution < 1.29 is 14.3 Å². The second-order valence-corrected chi connectivity index (χ2v) is 5.52. The van der Waals surface area contributed by atoms with Gasteiger partial charge < -0.3 is 14.8 Å². The van der Waals surface area contributed by atoms with Crippen LogP contribution in [0.25, 0.3) is 6.08 Å². The topological polar surface area (TPSA) is 71.3 Å². The Morgan fingerprint density at radius 2 is 2.09 bits per heavy atom. The quantitative estimate of drug-likeness (QED) is 0.477. The van der Waals surface area contributed by atoms with E-state index >= 15 is 0 Å². The van der Waals surface area contributed by atoms with Crippen molar-refractivity contribution in [2.75, 3.05) is 27.4 Å². The van der Waals surface area contributed by atoms with Gasteiger partial charge in [-0.2, -0.15) is 5.26 Å². The van der Waals surface area contributed by atoms with Crippen molar-refractivity contribution in [2.45, 2.75) is 26.7 Å². The summed E-state index contributed by atoms with van der Waals surface area (Å²) in [6.07, 6.45) is 1.61. The summed E-state index contributed by atoms with van der Waals surface area (Å²) in [5.74, 6) is 0.697. The van der Waals surface area contributed by atoms with E-state index in [4.69, 9.17) is 9.47 Å². The maximum absolute atomic E-state index is 12.0. The van der Waals surface area contributed by atoms with Crippen LogP contribution in [0.3, 0.4) is 0 Å². The van der Waals surface area contributed by atoms with E-state index in [0.717, 1.165) is 22.4 Å². The van der Waals surface area contributed by atoms with Crippen LogP contribution >= 0.6 is 0 Å². The number of benzene rings is 1. The molecule has 1 amide bonds. The third kappa shape index (κ3) is 5.11. The summed E-state index contributed by atoms with van der Waals surface area (Å²) in [4.78, 5) is 12.0. The van der Waals surface area contributed by atoms with Gasteiger partial charge in [0.15, 0.2) is 0 Å². The van der Waals surface area contributed by atoms with Gasteiger partial charge in [-0.3, -0.25) is 4.79 Å². The van der Waals surface area contributed by atoms with Crippen molar-refractivity contribution in [2.24, 2.45) is 0 Å². The summed E-state index contributed by atoms with van der Waals surface area (Å²) >= 11 is 0. The molecule has 0 unspecified atom stereocenters. The Labute approximate surface area is 137 Å². The summed E-state index contributed by atoms with van der Waals surface area (Å²) in [6, 6.07) is 5.86. The molecule has 1 aromatic rings. The molecule has 0 aliphatic rings. The van der Waals surface area contributed by atoms with Crippen LogP contribution in [0.2, 0.25) is 0 Å². The molecule has 124 valence electrons. The fourth-order valence-corrected chi connectivity index (χ4v) is 2.17. The number of nitrogens with one attached hydrogen (secondary N) is 1. The normalized spacial score (nSPS) is 11.3. The largest absolute Gasteiger partial charge is 0.496 e. The lowest BCUT2D eigenvalue weighted by atomic mass is 9.95. The number of ether oxygens (including phenoxy) is 2. The molecule has 0 aliphatic carbocycles. The highest BCUT2D eigenvalue weighted by atomic mass is 16.5. The molecule has 1 aromatic carbocycles. The molecule has 0 aromatic heterocycles. The van der Waals surface area contributed by atoms with Gasteiger partial charge in [0.25, 0.3) is 5.91 Å². The third-order valence-electron chi connectivity index (χ3n) is 3.50. The van der Waals surface area contributed by atoms with E-state index in [1.165, 1.54) is 0 Å². The molecule has 5 heteroatoms. The van der Waals surface area contributed by atoms with Gasteiger partial charge in [0.2, 0.25) is 0 Å². The smallest absolute Gasteiger partial charge is 0.262 e. The first-order chi connectivity index (χ1) is 10.9. The Kier molecular flexibility index (Phi) is 7.30. The number of methoxy groups -OCH3 is 2. The van der Waals surface area contributed by atoms with Crippen molar-refractivity contribution in [1.82, 2.24) is 5.32 Å². The van der Waals surface area contributed by atoms with Gasteiger partial charge in [-0.1, -0.05) is 13.8 Å². The number of nitriles is 1. The fourth-order valence-electron chi connectivity index (χ4n) is 2.17.